The fourth-order valence-electron chi connectivity index (χ4n) is 7.14. The first kappa shape index (κ1) is 32.8. The maximum atomic E-state index is 2.80. The van der Waals surface area contributed by atoms with Gasteiger partial charge in [-0.2, -0.15) is 0 Å². The van der Waals surface area contributed by atoms with E-state index in [1.54, 1.807) is 11.8 Å². The van der Waals surface area contributed by atoms with Crippen molar-refractivity contribution in [1.29, 1.82) is 0 Å². The van der Waals surface area contributed by atoms with Crippen LogP contribution in [0.2, 0.25) is 38.3 Å². The van der Waals surface area contributed by atoms with Crippen molar-refractivity contribution in [1.82, 2.24) is 9.13 Å². The van der Waals surface area contributed by atoms with Crippen LogP contribution in [0.15, 0.2) is 48.6 Å². The minimum absolute atomic E-state index is 0. The first-order chi connectivity index (χ1) is 18.2. The van der Waals surface area contributed by atoms with Crippen LogP contribution < -0.4 is 0 Å². The van der Waals surface area contributed by atoms with Crippen LogP contribution in [0.4, 0.5) is 0 Å². The zero-order valence-corrected chi connectivity index (χ0v) is 29.5. The van der Waals surface area contributed by atoms with Gasteiger partial charge in [0.2, 0.25) is 0 Å². The summed E-state index contributed by atoms with van der Waals surface area (Å²) in [4.78, 5) is 0. The molecule has 207 valence electrons. The first-order valence-electron chi connectivity index (χ1n) is 14.9. The molecule has 0 aromatic heterocycles. The van der Waals surface area contributed by atoms with Gasteiger partial charge in [-0.05, 0) is 100 Å². The third-order valence-corrected chi connectivity index (χ3v) is 16.2. The van der Waals surface area contributed by atoms with E-state index in [4.69, 9.17) is 0 Å². The number of rotatable bonds is 6. The quantitative estimate of drug-likeness (QED) is 0.262. The zero-order chi connectivity index (χ0) is 26.9. The molecule has 0 bridgehead atoms. The molecule has 39 heavy (non-hydrogen) atoms. The Hall–Kier alpha value is 0.898. The van der Waals surface area contributed by atoms with Crippen molar-refractivity contribution in [2.75, 3.05) is 26.2 Å². The van der Waals surface area contributed by atoms with Crippen LogP contribution >= 0.6 is 0 Å². The first-order valence-corrected chi connectivity index (χ1v) is 21.2. The minimum Gasteiger partial charge on any atom is -0.324 e. The molecule has 6 rings (SSSR count). The average molecular weight is 693 g/mol. The van der Waals surface area contributed by atoms with Crippen LogP contribution in [0.5, 0.6) is 0 Å². The smallest absolute Gasteiger partial charge is 0.324 e. The Morgan fingerprint density at radius 1 is 0.538 bits per heavy atom. The predicted molar refractivity (Wildman–Crippen MR) is 169 cm³/mol. The van der Waals surface area contributed by atoms with Crippen LogP contribution in [-0.4, -0.2) is 51.8 Å². The van der Waals surface area contributed by atoms with Gasteiger partial charge in [-0.3, -0.25) is 0 Å². The molecule has 6 aliphatic rings. The molecule has 2 saturated heterocycles. The summed E-state index contributed by atoms with van der Waals surface area (Å²) in [6.07, 6.45) is 28.2. The third-order valence-electron chi connectivity index (χ3n) is 9.35. The van der Waals surface area contributed by atoms with Crippen molar-refractivity contribution in [3.63, 3.8) is 0 Å². The Balaban J connectivity index is 0.000000176. The minimum atomic E-state index is -1.28. The summed E-state index contributed by atoms with van der Waals surface area (Å²) in [5.41, 5.74) is 0. The van der Waals surface area contributed by atoms with Crippen molar-refractivity contribution in [3.05, 3.63) is 109 Å². The molecule has 0 amide bonds. The number of allylic oxidation sites excluding steroid dienone is 8. The molecule has 2 nitrogen and oxygen atoms in total. The number of fused-ring (bicyclic) bond motifs is 2. The molecule has 0 N–H and O–H groups in total. The predicted octanol–water partition coefficient (Wildman–Crippen LogP) is 7.90. The summed E-state index contributed by atoms with van der Waals surface area (Å²) in [6.45, 7) is 20.0. The van der Waals surface area contributed by atoms with Gasteiger partial charge in [0.25, 0.3) is 0 Å². The molecule has 11 radical (unpaired) electrons. The maximum Gasteiger partial charge on any atom is 2.00 e. The Morgan fingerprint density at radius 2 is 0.846 bits per heavy atom. The maximum absolute atomic E-state index is 2.80. The van der Waals surface area contributed by atoms with E-state index in [-0.39, 0.29) is 49.4 Å². The standard InChI is InChI=1S/2C17H24NSi.Eu/c2*1-14-12-15(17-9-5-4-8-16(14)17)13-19(2,3)18-10-6-7-11-18;/h2*4-5,8-9,12H,6-7,10-11,13H2,1-3H3;/q;;+2. The second kappa shape index (κ2) is 14.1. The van der Waals surface area contributed by atoms with Gasteiger partial charge in [-0.25, -0.2) is 0 Å². The van der Waals surface area contributed by atoms with Gasteiger partial charge in [0.1, 0.15) is 16.5 Å². The second-order valence-corrected chi connectivity index (χ2v) is 22.4. The van der Waals surface area contributed by atoms with Crippen molar-refractivity contribution in [2.24, 2.45) is 0 Å². The van der Waals surface area contributed by atoms with Gasteiger partial charge in [0, 0.05) is 23.7 Å². The summed E-state index contributed by atoms with van der Waals surface area (Å²) in [7, 11) is -2.56. The summed E-state index contributed by atoms with van der Waals surface area (Å²) in [5.74, 6) is 11.9. The monoisotopic (exact) mass is 693 g/mol. The van der Waals surface area contributed by atoms with Gasteiger partial charge >= 0.3 is 49.4 Å². The van der Waals surface area contributed by atoms with Crippen molar-refractivity contribution < 1.29 is 49.4 Å². The molecule has 4 aliphatic carbocycles. The molecule has 0 atom stereocenters. The molecular weight excluding hydrogens is 645 g/mol. The average Bonchev–Trinajstić information content (AvgIpc) is 3.69. The molecule has 0 aromatic rings. The summed E-state index contributed by atoms with van der Waals surface area (Å²) in [5, 5.41) is 0. The van der Waals surface area contributed by atoms with Crippen LogP contribution in [0.1, 0.15) is 39.5 Å². The molecule has 0 spiro atoms. The molecule has 0 unspecified atom stereocenters. The van der Waals surface area contributed by atoms with E-state index >= 15 is 0 Å². The Bertz CT molecular complexity index is 838. The molecular formula is C34H48EuN2Si2+2. The number of hydrogen-bond donors (Lipinski definition) is 0. The fraction of sp³-hybridized carbons (Fsp3) is 0.471. The van der Waals surface area contributed by atoms with E-state index in [2.05, 4.69) is 111 Å². The molecule has 5 heteroatoms. The van der Waals surface area contributed by atoms with Gasteiger partial charge < -0.3 is 9.13 Å². The number of hydrogen-bond acceptors (Lipinski definition) is 2. The van der Waals surface area contributed by atoms with Crippen LogP contribution in [-0.2, 0) is 0 Å². The van der Waals surface area contributed by atoms with E-state index < -0.39 is 16.5 Å². The number of nitrogens with zero attached hydrogens (tertiary/aromatic N) is 2. The summed E-state index contributed by atoms with van der Waals surface area (Å²) >= 11 is 0. The molecule has 2 aliphatic heterocycles. The molecule has 2 saturated carbocycles. The summed E-state index contributed by atoms with van der Waals surface area (Å²) < 4.78 is 5.59. The second-order valence-electron chi connectivity index (χ2n) is 13.2. The van der Waals surface area contributed by atoms with Gasteiger partial charge in [0.15, 0.2) is 0 Å². The topological polar surface area (TPSA) is 6.48 Å². The van der Waals surface area contributed by atoms with Crippen LogP contribution in [0, 0.1) is 110 Å². The molecule has 0 aromatic carbocycles. The van der Waals surface area contributed by atoms with Crippen molar-refractivity contribution in [3.8, 4) is 0 Å². The van der Waals surface area contributed by atoms with Gasteiger partial charge in [-0.1, -0.05) is 88.6 Å². The van der Waals surface area contributed by atoms with E-state index in [1.807, 2.05) is 0 Å². The SMILES string of the molecule is C[C]1[CH][C](C[Si](C)(C)N2CCCC2)[C]2C=CC=C[C]12.C[C]1[CH][C](C[Si](C)(C)N2CCCC2)[C]2C=CC=C[C]12.[Eu+2]. The summed E-state index contributed by atoms with van der Waals surface area (Å²) in [6, 6.07) is 2.59. The van der Waals surface area contributed by atoms with Crippen molar-refractivity contribution in [2.45, 2.75) is 77.8 Å². The van der Waals surface area contributed by atoms with Gasteiger partial charge in [-0.15, -0.1) is 0 Å². The zero-order valence-electron chi connectivity index (χ0n) is 25.1. The van der Waals surface area contributed by atoms with E-state index in [9.17, 15) is 0 Å². The third kappa shape index (κ3) is 7.71. The van der Waals surface area contributed by atoms with E-state index in [0.717, 1.165) is 0 Å². The van der Waals surface area contributed by atoms with Crippen LogP contribution in [0.25, 0.3) is 0 Å². The Labute approximate surface area is 284 Å². The Morgan fingerprint density at radius 3 is 1.18 bits per heavy atom. The molecule has 2 heterocycles. The van der Waals surface area contributed by atoms with E-state index in [1.165, 1.54) is 99.5 Å². The normalized spacial score (nSPS) is 26.8. The largest absolute Gasteiger partial charge is 2.00 e. The van der Waals surface area contributed by atoms with Crippen LogP contribution in [0.3, 0.4) is 0 Å². The van der Waals surface area contributed by atoms with Crippen molar-refractivity contribution >= 4 is 16.5 Å². The fourth-order valence-corrected chi connectivity index (χ4v) is 13.1. The molecule has 4 fully saturated rings. The van der Waals surface area contributed by atoms with E-state index in [0.29, 0.717) is 0 Å². The Kier molecular flexibility index (Phi) is 11.9. The van der Waals surface area contributed by atoms with Gasteiger partial charge in [0.05, 0.1) is 0 Å².